The quantitative estimate of drug-likeness (QED) is 0.847. The van der Waals surface area contributed by atoms with Crippen molar-refractivity contribution in [1.82, 2.24) is 10.6 Å². The SMILES string of the molecule is Cl.O=C(NC1CCc2c(Br)cccc21)C1COCCN1. The normalized spacial score (nSPS) is 24.6. The Hall–Kier alpha value is -0.620. The minimum Gasteiger partial charge on any atom is -0.378 e. The van der Waals surface area contributed by atoms with Gasteiger partial charge in [0.15, 0.2) is 0 Å². The van der Waals surface area contributed by atoms with Gasteiger partial charge in [-0.2, -0.15) is 0 Å². The van der Waals surface area contributed by atoms with E-state index in [1.165, 1.54) is 11.1 Å². The Labute approximate surface area is 133 Å². The van der Waals surface area contributed by atoms with Gasteiger partial charge in [-0.05, 0) is 30.0 Å². The molecule has 1 aromatic rings. The van der Waals surface area contributed by atoms with Gasteiger partial charge < -0.3 is 15.4 Å². The van der Waals surface area contributed by atoms with E-state index in [4.69, 9.17) is 4.74 Å². The number of carbonyl (C=O) groups excluding carboxylic acids is 1. The molecule has 1 aromatic carbocycles. The van der Waals surface area contributed by atoms with Gasteiger partial charge in [0.1, 0.15) is 6.04 Å². The molecule has 1 saturated heterocycles. The van der Waals surface area contributed by atoms with Crippen LogP contribution < -0.4 is 10.6 Å². The molecule has 110 valence electrons. The Morgan fingerprint density at radius 2 is 2.30 bits per heavy atom. The van der Waals surface area contributed by atoms with Crippen LogP contribution in [0.5, 0.6) is 0 Å². The predicted molar refractivity (Wildman–Crippen MR) is 83.2 cm³/mol. The first-order valence-corrected chi connectivity index (χ1v) is 7.44. The summed E-state index contributed by atoms with van der Waals surface area (Å²) in [5.41, 5.74) is 2.56. The highest BCUT2D eigenvalue weighted by Crippen LogP contribution is 2.35. The fraction of sp³-hybridized carbons (Fsp3) is 0.500. The Balaban J connectivity index is 0.00000147. The molecule has 2 atom stereocenters. The number of morpholine rings is 1. The predicted octanol–water partition coefficient (Wildman–Crippen LogP) is 1.96. The molecule has 1 amide bonds. The molecule has 2 N–H and O–H groups in total. The summed E-state index contributed by atoms with van der Waals surface area (Å²) in [7, 11) is 0. The Bertz CT molecular complexity index is 492. The van der Waals surface area contributed by atoms with Crippen molar-refractivity contribution in [2.45, 2.75) is 24.9 Å². The van der Waals surface area contributed by atoms with Crippen molar-refractivity contribution in [2.24, 2.45) is 0 Å². The number of ether oxygens (including phenoxy) is 1. The molecule has 4 nitrogen and oxygen atoms in total. The molecule has 0 spiro atoms. The molecular weight excluding hydrogens is 344 g/mol. The summed E-state index contributed by atoms with van der Waals surface area (Å²) in [5.74, 6) is 0.0394. The molecule has 6 heteroatoms. The molecule has 1 aliphatic heterocycles. The lowest BCUT2D eigenvalue weighted by molar-refractivity contribution is -0.126. The number of amides is 1. The molecule has 0 bridgehead atoms. The minimum atomic E-state index is -0.218. The molecule has 0 radical (unpaired) electrons. The van der Waals surface area contributed by atoms with Crippen LogP contribution in [0, 0.1) is 0 Å². The van der Waals surface area contributed by atoms with Gasteiger partial charge in [0.2, 0.25) is 5.91 Å². The number of halogens is 2. The van der Waals surface area contributed by atoms with Crippen LogP contribution in [0.25, 0.3) is 0 Å². The molecule has 0 saturated carbocycles. The van der Waals surface area contributed by atoms with Gasteiger partial charge in [0, 0.05) is 11.0 Å². The van der Waals surface area contributed by atoms with Gasteiger partial charge in [0.05, 0.1) is 19.3 Å². The zero-order chi connectivity index (χ0) is 13.2. The highest BCUT2D eigenvalue weighted by atomic mass is 79.9. The average Bonchev–Trinajstić information content (AvgIpc) is 2.84. The molecule has 3 rings (SSSR count). The lowest BCUT2D eigenvalue weighted by Crippen LogP contribution is -2.51. The van der Waals surface area contributed by atoms with Crippen LogP contribution in [-0.4, -0.2) is 31.7 Å². The maximum absolute atomic E-state index is 12.2. The molecule has 1 aliphatic carbocycles. The third-order valence-corrected chi connectivity index (χ3v) is 4.51. The van der Waals surface area contributed by atoms with Crippen molar-refractivity contribution in [3.05, 3.63) is 33.8 Å². The second kappa shape index (κ2) is 6.89. The van der Waals surface area contributed by atoms with Gasteiger partial charge in [0.25, 0.3) is 0 Å². The van der Waals surface area contributed by atoms with E-state index >= 15 is 0 Å². The number of rotatable bonds is 2. The summed E-state index contributed by atoms with van der Waals surface area (Å²) < 4.78 is 6.47. The maximum Gasteiger partial charge on any atom is 0.240 e. The molecule has 0 aromatic heterocycles. The highest BCUT2D eigenvalue weighted by Gasteiger charge is 2.28. The summed E-state index contributed by atoms with van der Waals surface area (Å²) in [4.78, 5) is 12.2. The van der Waals surface area contributed by atoms with Crippen molar-refractivity contribution in [2.75, 3.05) is 19.8 Å². The summed E-state index contributed by atoms with van der Waals surface area (Å²) in [6.45, 7) is 1.89. The molecule has 20 heavy (non-hydrogen) atoms. The van der Waals surface area contributed by atoms with Crippen LogP contribution in [0.1, 0.15) is 23.6 Å². The third kappa shape index (κ3) is 3.17. The standard InChI is InChI=1S/C14H17BrN2O2.ClH/c15-11-3-1-2-10-9(11)4-5-12(10)17-14(18)13-8-19-7-6-16-13;/h1-3,12-13,16H,4-8H2,(H,17,18);1H. The zero-order valence-electron chi connectivity index (χ0n) is 11.0. The number of benzene rings is 1. The van der Waals surface area contributed by atoms with Crippen molar-refractivity contribution in [3.8, 4) is 0 Å². The van der Waals surface area contributed by atoms with Crippen molar-refractivity contribution in [3.63, 3.8) is 0 Å². The molecule has 1 fully saturated rings. The van der Waals surface area contributed by atoms with Crippen LogP contribution in [-0.2, 0) is 16.0 Å². The van der Waals surface area contributed by atoms with Gasteiger partial charge in [-0.1, -0.05) is 28.1 Å². The maximum atomic E-state index is 12.2. The van der Waals surface area contributed by atoms with Crippen LogP contribution in [0.3, 0.4) is 0 Å². The first-order valence-electron chi connectivity index (χ1n) is 6.64. The van der Waals surface area contributed by atoms with E-state index in [-0.39, 0.29) is 30.4 Å². The number of carbonyl (C=O) groups is 1. The topological polar surface area (TPSA) is 50.4 Å². The molecule has 1 heterocycles. The summed E-state index contributed by atoms with van der Waals surface area (Å²) in [6, 6.07) is 6.09. The van der Waals surface area contributed by atoms with Gasteiger partial charge in [-0.15, -0.1) is 12.4 Å². The largest absolute Gasteiger partial charge is 0.378 e. The molecular formula is C14H18BrClN2O2. The van der Waals surface area contributed by atoms with Crippen LogP contribution in [0.4, 0.5) is 0 Å². The third-order valence-electron chi connectivity index (χ3n) is 3.77. The first kappa shape index (κ1) is 15.8. The van der Waals surface area contributed by atoms with Gasteiger partial charge in [-0.3, -0.25) is 4.79 Å². The Morgan fingerprint density at radius 3 is 3.05 bits per heavy atom. The Morgan fingerprint density at radius 1 is 1.45 bits per heavy atom. The zero-order valence-corrected chi connectivity index (χ0v) is 13.4. The van der Waals surface area contributed by atoms with Gasteiger partial charge in [-0.25, -0.2) is 0 Å². The minimum absolute atomic E-state index is 0. The number of nitrogens with one attached hydrogen (secondary N) is 2. The lowest BCUT2D eigenvalue weighted by Gasteiger charge is -2.25. The van der Waals surface area contributed by atoms with Crippen LogP contribution >= 0.6 is 28.3 Å². The second-order valence-corrected chi connectivity index (χ2v) is 5.84. The number of hydrogen-bond donors (Lipinski definition) is 2. The average molecular weight is 362 g/mol. The van der Waals surface area contributed by atoms with E-state index in [0.717, 1.165) is 23.9 Å². The summed E-state index contributed by atoms with van der Waals surface area (Å²) in [5, 5.41) is 6.31. The monoisotopic (exact) mass is 360 g/mol. The second-order valence-electron chi connectivity index (χ2n) is 4.99. The van der Waals surface area contributed by atoms with Gasteiger partial charge >= 0.3 is 0 Å². The number of fused-ring (bicyclic) bond motifs is 1. The first-order chi connectivity index (χ1) is 9.25. The van der Waals surface area contributed by atoms with Crippen LogP contribution in [0.2, 0.25) is 0 Å². The molecule has 2 unspecified atom stereocenters. The van der Waals surface area contributed by atoms with Crippen molar-refractivity contribution in [1.29, 1.82) is 0 Å². The Kier molecular flexibility index (Phi) is 5.43. The van der Waals surface area contributed by atoms with Crippen molar-refractivity contribution >= 4 is 34.2 Å². The molecule has 2 aliphatic rings. The van der Waals surface area contributed by atoms with E-state index in [1.807, 2.05) is 6.07 Å². The number of hydrogen-bond acceptors (Lipinski definition) is 3. The summed E-state index contributed by atoms with van der Waals surface area (Å²) in [6.07, 6.45) is 1.98. The van der Waals surface area contributed by atoms with E-state index in [9.17, 15) is 4.79 Å². The van der Waals surface area contributed by atoms with Crippen molar-refractivity contribution < 1.29 is 9.53 Å². The summed E-state index contributed by atoms with van der Waals surface area (Å²) >= 11 is 3.57. The van der Waals surface area contributed by atoms with E-state index in [1.54, 1.807) is 0 Å². The smallest absolute Gasteiger partial charge is 0.240 e. The van der Waals surface area contributed by atoms with E-state index in [2.05, 4.69) is 38.7 Å². The highest BCUT2D eigenvalue weighted by molar-refractivity contribution is 9.10. The van der Waals surface area contributed by atoms with E-state index < -0.39 is 0 Å². The van der Waals surface area contributed by atoms with Crippen LogP contribution in [0.15, 0.2) is 22.7 Å². The lowest BCUT2D eigenvalue weighted by atomic mass is 10.1. The fourth-order valence-electron chi connectivity index (χ4n) is 2.77. The fourth-order valence-corrected chi connectivity index (χ4v) is 3.35. The van der Waals surface area contributed by atoms with E-state index in [0.29, 0.717) is 13.2 Å².